The van der Waals surface area contributed by atoms with Gasteiger partial charge in [0, 0.05) is 10.7 Å². The van der Waals surface area contributed by atoms with Crippen LogP contribution < -0.4 is 9.62 Å². The molecule has 0 aliphatic rings. The van der Waals surface area contributed by atoms with Crippen LogP contribution in [0.3, 0.4) is 0 Å². The van der Waals surface area contributed by atoms with E-state index >= 15 is 0 Å². The number of halogens is 1. The average molecular weight is 381 g/mol. The van der Waals surface area contributed by atoms with Crippen LogP contribution in [0.4, 0.5) is 11.4 Å². The zero-order valence-electron chi connectivity index (χ0n) is 14.6. The van der Waals surface area contributed by atoms with E-state index in [-0.39, 0.29) is 6.54 Å². The lowest BCUT2D eigenvalue weighted by Crippen LogP contribution is -2.37. The van der Waals surface area contributed by atoms with Gasteiger partial charge < -0.3 is 5.32 Å². The minimum Gasteiger partial charge on any atom is -0.325 e. The second kappa shape index (κ2) is 7.45. The minimum absolute atomic E-state index is 0.328. The molecule has 1 N–H and O–H groups in total. The summed E-state index contributed by atoms with van der Waals surface area (Å²) in [6.07, 6.45) is 1.06. The maximum atomic E-state index is 12.3. The molecule has 5 nitrogen and oxygen atoms in total. The molecule has 0 fully saturated rings. The molecule has 0 aliphatic carbocycles. The number of sulfonamides is 1. The van der Waals surface area contributed by atoms with Gasteiger partial charge in [0.25, 0.3) is 0 Å². The first-order chi connectivity index (χ1) is 11.6. The lowest BCUT2D eigenvalue weighted by Gasteiger charge is -2.22. The zero-order valence-corrected chi connectivity index (χ0v) is 16.2. The predicted octanol–water partition coefficient (Wildman–Crippen LogP) is 3.67. The molecule has 0 saturated heterocycles. The van der Waals surface area contributed by atoms with Gasteiger partial charge in [-0.15, -0.1) is 0 Å². The molecular weight excluding hydrogens is 360 g/mol. The number of anilines is 2. The van der Waals surface area contributed by atoms with Crippen LogP contribution in [-0.2, 0) is 14.8 Å². The van der Waals surface area contributed by atoms with Gasteiger partial charge in [0.15, 0.2) is 0 Å². The van der Waals surface area contributed by atoms with Crippen molar-refractivity contribution in [2.24, 2.45) is 0 Å². The van der Waals surface area contributed by atoms with Crippen LogP contribution in [0.15, 0.2) is 36.4 Å². The highest BCUT2D eigenvalue weighted by molar-refractivity contribution is 7.92. The van der Waals surface area contributed by atoms with Gasteiger partial charge in [-0.2, -0.15) is 0 Å². The van der Waals surface area contributed by atoms with Gasteiger partial charge in [0.05, 0.1) is 11.9 Å². The van der Waals surface area contributed by atoms with Gasteiger partial charge in [0.2, 0.25) is 15.9 Å². The molecule has 0 unspecified atom stereocenters. The van der Waals surface area contributed by atoms with E-state index in [2.05, 4.69) is 5.32 Å². The van der Waals surface area contributed by atoms with E-state index in [9.17, 15) is 13.2 Å². The van der Waals surface area contributed by atoms with Crippen molar-refractivity contribution in [1.82, 2.24) is 0 Å². The maximum Gasteiger partial charge on any atom is 0.245 e. The first-order valence-electron chi connectivity index (χ1n) is 7.69. The quantitative estimate of drug-likeness (QED) is 0.860. The lowest BCUT2D eigenvalue weighted by atomic mass is 10.1. The Bertz CT molecular complexity index is 911. The van der Waals surface area contributed by atoms with Crippen LogP contribution in [0.25, 0.3) is 0 Å². The Kier molecular flexibility index (Phi) is 5.75. The van der Waals surface area contributed by atoms with Gasteiger partial charge >= 0.3 is 0 Å². The van der Waals surface area contributed by atoms with Gasteiger partial charge in [-0.05, 0) is 61.7 Å². The normalized spacial score (nSPS) is 11.2. The summed E-state index contributed by atoms with van der Waals surface area (Å²) in [5.41, 5.74) is 3.98. The molecule has 0 bridgehead atoms. The van der Waals surface area contributed by atoms with Crippen LogP contribution in [0.2, 0.25) is 5.02 Å². The van der Waals surface area contributed by atoms with Crippen molar-refractivity contribution in [2.45, 2.75) is 20.8 Å². The molecule has 1 amide bonds. The molecule has 25 heavy (non-hydrogen) atoms. The number of aryl methyl sites for hydroxylation is 3. The predicted molar refractivity (Wildman–Crippen MR) is 103 cm³/mol. The van der Waals surface area contributed by atoms with Gasteiger partial charge in [-0.25, -0.2) is 8.42 Å². The summed E-state index contributed by atoms with van der Waals surface area (Å²) >= 11 is 6.08. The smallest absolute Gasteiger partial charge is 0.245 e. The van der Waals surface area contributed by atoms with Crippen molar-refractivity contribution < 1.29 is 13.2 Å². The molecule has 2 aromatic carbocycles. The van der Waals surface area contributed by atoms with E-state index in [1.165, 1.54) is 0 Å². The Morgan fingerprint density at radius 1 is 1.04 bits per heavy atom. The summed E-state index contributed by atoms with van der Waals surface area (Å²) < 4.78 is 25.3. The minimum atomic E-state index is -3.64. The lowest BCUT2D eigenvalue weighted by molar-refractivity contribution is -0.114. The number of amides is 1. The highest BCUT2D eigenvalue weighted by atomic mass is 35.5. The van der Waals surface area contributed by atoms with Crippen molar-refractivity contribution in [3.05, 3.63) is 58.1 Å². The number of hydrogen-bond acceptors (Lipinski definition) is 3. The van der Waals surface area contributed by atoms with Gasteiger partial charge in [-0.1, -0.05) is 23.7 Å². The average Bonchev–Trinajstić information content (AvgIpc) is 2.50. The number of benzene rings is 2. The van der Waals surface area contributed by atoms with Crippen molar-refractivity contribution >= 4 is 38.9 Å². The monoisotopic (exact) mass is 380 g/mol. The van der Waals surface area contributed by atoms with Crippen LogP contribution in [0, 0.1) is 20.8 Å². The first kappa shape index (κ1) is 19.3. The Balaban J connectivity index is 2.23. The molecule has 7 heteroatoms. The summed E-state index contributed by atoms with van der Waals surface area (Å²) in [6, 6.07) is 10.4. The van der Waals surface area contributed by atoms with E-state index in [4.69, 9.17) is 11.6 Å². The number of carbonyl (C=O) groups is 1. The van der Waals surface area contributed by atoms with Crippen LogP contribution in [0.1, 0.15) is 16.7 Å². The standard InChI is InChI=1S/C18H21ClN2O3S/c1-12-5-7-15(9-14(12)3)20-18(22)11-21(25(4,23)24)16-8-6-13(2)17(19)10-16/h5-10H,11H2,1-4H3,(H,20,22). The Morgan fingerprint density at radius 2 is 1.68 bits per heavy atom. The number of carbonyl (C=O) groups excluding carboxylic acids is 1. The first-order valence-corrected chi connectivity index (χ1v) is 9.91. The Morgan fingerprint density at radius 3 is 2.24 bits per heavy atom. The largest absolute Gasteiger partial charge is 0.325 e. The summed E-state index contributed by atoms with van der Waals surface area (Å²) in [4.78, 5) is 12.3. The molecule has 2 rings (SSSR count). The zero-order chi connectivity index (χ0) is 18.8. The van der Waals surface area contributed by atoms with E-state index in [0.29, 0.717) is 16.4 Å². The third-order valence-electron chi connectivity index (χ3n) is 3.92. The van der Waals surface area contributed by atoms with E-state index in [1.807, 2.05) is 32.9 Å². The molecule has 0 heterocycles. The van der Waals surface area contributed by atoms with Crippen LogP contribution in [-0.4, -0.2) is 27.1 Å². The number of nitrogens with zero attached hydrogens (tertiary/aromatic N) is 1. The molecule has 0 atom stereocenters. The molecule has 134 valence electrons. The fourth-order valence-corrected chi connectivity index (χ4v) is 3.31. The molecule has 0 saturated carbocycles. The summed E-state index contributed by atoms with van der Waals surface area (Å²) in [5.74, 6) is -0.426. The molecule has 0 aliphatic heterocycles. The molecule has 0 radical (unpaired) electrons. The van der Waals surface area contributed by atoms with Crippen molar-refractivity contribution in [1.29, 1.82) is 0 Å². The molecular formula is C18H21ClN2O3S. The highest BCUT2D eigenvalue weighted by Gasteiger charge is 2.21. The van der Waals surface area contributed by atoms with Gasteiger partial charge in [-0.3, -0.25) is 9.10 Å². The fourth-order valence-electron chi connectivity index (χ4n) is 2.29. The SMILES string of the molecule is Cc1ccc(NC(=O)CN(c2ccc(C)c(Cl)c2)S(C)(=O)=O)cc1C. The van der Waals surface area contributed by atoms with Gasteiger partial charge in [0.1, 0.15) is 6.54 Å². The van der Waals surface area contributed by atoms with Crippen molar-refractivity contribution in [2.75, 3.05) is 22.4 Å². The third-order valence-corrected chi connectivity index (χ3v) is 5.47. The van der Waals surface area contributed by atoms with Crippen molar-refractivity contribution in [3.8, 4) is 0 Å². The third kappa shape index (κ3) is 4.96. The fraction of sp³-hybridized carbons (Fsp3) is 0.278. The second-order valence-electron chi connectivity index (χ2n) is 6.05. The summed E-state index contributed by atoms with van der Waals surface area (Å²) in [7, 11) is -3.64. The number of nitrogens with one attached hydrogen (secondary N) is 1. The van der Waals surface area contributed by atoms with Crippen LogP contribution >= 0.6 is 11.6 Å². The van der Waals surface area contributed by atoms with E-state index < -0.39 is 15.9 Å². The number of rotatable bonds is 5. The Labute approximate surface area is 153 Å². The molecule has 0 spiro atoms. The molecule has 0 aromatic heterocycles. The maximum absolute atomic E-state index is 12.3. The van der Waals surface area contributed by atoms with E-state index in [1.54, 1.807) is 24.3 Å². The van der Waals surface area contributed by atoms with E-state index in [0.717, 1.165) is 27.3 Å². The Hall–Kier alpha value is -2.05. The van der Waals surface area contributed by atoms with Crippen LogP contribution in [0.5, 0.6) is 0 Å². The summed E-state index contributed by atoms with van der Waals surface area (Å²) in [5, 5.41) is 3.18. The topological polar surface area (TPSA) is 66.5 Å². The highest BCUT2D eigenvalue weighted by Crippen LogP contribution is 2.25. The second-order valence-corrected chi connectivity index (χ2v) is 8.36. The summed E-state index contributed by atoms with van der Waals surface area (Å²) in [6.45, 7) is 5.42. The molecule has 2 aromatic rings. The number of hydrogen-bond donors (Lipinski definition) is 1. The van der Waals surface area contributed by atoms with Crippen molar-refractivity contribution in [3.63, 3.8) is 0 Å².